The van der Waals surface area contributed by atoms with Crippen LogP contribution in [0.15, 0.2) is 48.7 Å². The lowest BCUT2D eigenvalue weighted by molar-refractivity contribution is 0.0603. The zero-order valence-electron chi connectivity index (χ0n) is 11.7. The zero-order valence-corrected chi connectivity index (χ0v) is 12.5. The second kappa shape index (κ2) is 5.99. The highest BCUT2D eigenvalue weighted by molar-refractivity contribution is 6.28. The van der Waals surface area contributed by atoms with E-state index in [2.05, 4.69) is 15.3 Å². The number of anilines is 2. The summed E-state index contributed by atoms with van der Waals surface area (Å²) in [5, 5.41) is 5.09. The Kier molecular flexibility index (Phi) is 3.89. The van der Waals surface area contributed by atoms with Gasteiger partial charge in [-0.05, 0) is 46.6 Å². The van der Waals surface area contributed by atoms with Gasteiger partial charge in [0.1, 0.15) is 5.82 Å². The molecule has 22 heavy (non-hydrogen) atoms. The number of ether oxygens (including phenoxy) is 1. The first-order valence-corrected chi connectivity index (χ1v) is 6.92. The Bertz CT molecular complexity index is 852. The van der Waals surface area contributed by atoms with Gasteiger partial charge < -0.3 is 10.1 Å². The minimum absolute atomic E-state index is 0.179. The van der Waals surface area contributed by atoms with Gasteiger partial charge in [-0.15, -0.1) is 0 Å². The number of carbonyl (C=O) groups is 1. The van der Waals surface area contributed by atoms with Crippen molar-refractivity contribution in [3.05, 3.63) is 59.5 Å². The minimum Gasteiger partial charge on any atom is -0.465 e. The van der Waals surface area contributed by atoms with Crippen molar-refractivity contribution in [2.24, 2.45) is 0 Å². The predicted molar refractivity (Wildman–Crippen MR) is 85.6 cm³/mol. The number of rotatable bonds is 3. The van der Waals surface area contributed by atoms with Crippen LogP contribution >= 0.6 is 11.6 Å². The summed E-state index contributed by atoms with van der Waals surface area (Å²) in [6.07, 6.45) is 1.58. The summed E-state index contributed by atoms with van der Waals surface area (Å²) in [5.41, 5.74) is 1.38. The summed E-state index contributed by atoms with van der Waals surface area (Å²) in [7, 11) is 1.37. The molecular formula is C16H12ClN3O2. The van der Waals surface area contributed by atoms with E-state index < -0.39 is 0 Å². The standard InChI is InChI=1S/C16H12ClN3O2/c1-22-15(21)13-4-2-3-10-9-11(5-6-12(10)13)19-14-7-8-18-16(17)20-14/h2-9H,1H3,(H,18,19,20). The summed E-state index contributed by atoms with van der Waals surface area (Å²) in [4.78, 5) is 19.7. The van der Waals surface area contributed by atoms with Crippen molar-refractivity contribution in [1.29, 1.82) is 0 Å². The van der Waals surface area contributed by atoms with Gasteiger partial charge >= 0.3 is 5.97 Å². The number of hydrogen-bond acceptors (Lipinski definition) is 5. The van der Waals surface area contributed by atoms with Crippen LogP contribution in [-0.4, -0.2) is 23.0 Å². The maximum Gasteiger partial charge on any atom is 0.338 e. The Morgan fingerprint density at radius 1 is 1.23 bits per heavy atom. The van der Waals surface area contributed by atoms with Gasteiger partial charge in [0.25, 0.3) is 0 Å². The van der Waals surface area contributed by atoms with Crippen LogP contribution in [0.5, 0.6) is 0 Å². The van der Waals surface area contributed by atoms with E-state index in [0.29, 0.717) is 11.4 Å². The number of methoxy groups -OCH3 is 1. The molecule has 6 heteroatoms. The molecule has 2 aromatic carbocycles. The lowest BCUT2D eigenvalue weighted by Gasteiger charge is -2.09. The SMILES string of the molecule is COC(=O)c1cccc2cc(Nc3ccnc(Cl)n3)ccc12. The number of esters is 1. The molecule has 0 unspecified atom stereocenters. The van der Waals surface area contributed by atoms with E-state index in [1.165, 1.54) is 7.11 Å². The molecule has 110 valence electrons. The van der Waals surface area contributed by atoms with E-state index in [-0.39, 0.29) is 11.3 Å². The Labute approximate surface area is 131 Å². The Morgan fingerprint density at radius 2 is 2.09 bits per heavy atom. The molecule has 0 aliphatic carbocycles. The van der Waals surface area contributed by atoms with Crippen LogP contribution in [0.25, 0.3) is 10.8 Å². The number of benzene rings is 2. The molecule has 0 saturated carbocycles. The largest absolute Gasteiger partial charge is 0.465 e. The van der Waals surface area contributed by atoms with E-state index in [1.807, 2.05) is 30.3 Å². The Balaban J connectivity index is 1.98. The van der Waals surface area contributed by atoms with Crippen LogP contribution in [0.1, 0.15) is 10.4 Å². The van der Waals surface area contributed by atoms with Gasteiger partial charge in [0.05, 0.1) is 12.7 Å². The third kappa shape index (κ3) is 2.84. The van der Waals surface area contributed by atoms with E-state index in [4.69, 9.17) is 16.3 Å². The van der Waals surface area contributed by atoms with E-state index in [0.717, 1.165) is 16.5 Å². The van der Waals surface area contributed by atoms with Gasteiger partial charge in [-0.25, -0.2) is 14.8 Å². The molecule has 0 fully saturated rings. The average Bonchev–Trinajstić information content (AvgIpc) is 2.53. The molecule has 0 saturated heterocycles. The maximum absolute atomic E-state index is 11.8. The first-order chi connectivity index (χ1) is 10.7. The molecule has 0 aliphatic heterocycles. The predicted octanol–water partition coefficient (Wildman–Crippen LogP) is 3.81. The normalized spacial score (nSPS) is 10.5. The molecular weight excluding hydrogens is 302 g/mol. The molecule has 5 nitrogen and oxygen atoms in total. The van der Waals surface area contributed by atoms with E-state index >= 15 is 0 Å². The van der Waals surface area contributed by atoms with Gasteiger partial charge in [-0.3, -0.25) is 0 Å². The summed E-state index contributed by atoms with van der Waals surface area (Å²) >= 11 is 5.76. The fourth-order valence-electron chi connectivity index (χ4n) is 2.20. The smallest absolute Gasteiger partial charge is 0.338 e. The summed E-state index contributed by atoms with van der Waals surface area (Å²) < 4.78 is 4.80. The summed E-state index contributed by atoms with van der Waals surface area (Å²) in [6.45, 7) is 0. The highest BCUT2D eigenvalue weighted by Crippen LogP contribution is 2.25. The topological polar surface area (TPSA) is 64.1 Å². The summed E-state index contributed by atoms with van der Waals surface area (Å²) in [6, 6.07) is 12.9. The fourth-order valence-corrected chi connectivity index (χ4v) is 2.35. The number of nitrogens with zero attached hydrogens (tertiary/aromatic N) is 2. The van der Waals surface area contributed by atoms with Gasteiger partial charge in [0, 0.05) is 11.9 Å². The molecule has 1 N–H and O–H groups in total. The molecule has 0 bridgehead atoms. The molecule has 0 spiro atoms. The molecule has 0 atom stereocenters. The van der Waals surface area contributed by atoms with Crippen LogP contribution in [0.4, 0.5) is 11.5 Å². The van der Waals surface area contributed by atoms with Crippen molar-refractivity contribution < 1.29 is 9.53 Å². The molecule has 0 aliphatic rings. The first kappa shape index (κ1) is 14.3. The third-order valence-corrected chi connectivity index (χ3v) is 3.37. The van der Waals surface area contributed by atoms with Gasteiger partial charge in [0.2, 0.25) is 5.28 Å². The second-order valence-electron chi connectivity index (χ2n) is 4.57. The van der Waals surface area contributed by atoms with Crippen molar-refractivity contribution in [2.45, 2.75) is 0 Å². The lowest BCUT2D eigenvalue weighted by atomic mass is 10.0. The molecule has 0 radical (unpaired) electrons. The van der Waals surface area contributed by atoms with Crippen molar-refractivity contribution in [3.8, 4) is 0 Å². The number of fused-ring (bicyclic) bond motifs is 1. The number of hydrogen-bond donors (Lipinski definition) is 1. The monoisotopic (exact) mass is 313 g/mol. The Hall–Kier alpha value is -2.66. The highest BCUT2D eigenvalue weighted by Gasteiger charge is 2.10. The average molecular weight is 314 g/mol. The first-order valence-electron chi connectivity index (χ1n) is 6.54. The van der Waals surface area contributed by atoms with E-state index in [1.54, 1.807) is 18.3 Å². The van der Waals surface area contributed by atoms with Gasteiger partial charge in [-0.2, -0.15) is 0 Å². The van der Waals surface area contributed by atoms with Crippen LogP contribution in [0.3, 0.4) is 0 Å². The number of aromatic nitrogens is 2. The lowest BCUT2D eigenvalue weighted by Crippen LogP contribution is -2.02. The maximum atomic E-state index is 11.8. The third-order valence-electron chi connectivity index (χ3n) is 3.18. The second-order valence-corrected chi connectivity index (χ2v) is 4.91. The van der Waals surface area contributed by atoms with Crippen molar-refractivity contribution in [2.75, 3.05) is 12.4 Å². The fraction of sp³-hybridized carbons (Fsp3) is 0.0625. The van der Waals surface area contributed by atoms with E-state index in [9.17, 15) is 4.79 Å². The van der Waals surface area contributed by atoms with Crippen LogP contribution < -0.4 is 5.32 Å². The quantitative estimate of drug-likeness (QED) is 0.588. The summed E-state index contributed by atoms with van der Waals surface area (Å²) in [5.74, 6) is 0.248. The van der Waals surface area contributed by atoms with Crippen molar-refractivity contribution >= 4 is 39.8 Å². The molecule has 3 rings (SSSR count). The number of nitrogens with one attached hydrogen (secondary N) is 1. The van der Waals surface area contributed by atoms with Gasteiger partial charge in [-0.1, -0.05) is 18.2 Å². The number of halogens is 1. The van der Waals surface area contributed by atoms with Gasteiger partial charge in [0.15, 0.2) is 0 Å². The van der Waals surface area contributed by atoms with Crippen LogP contribution in [-0.2, 0) is 4.74 Å². The molecule has 0 amide bonds. The molecule has 1 heterocycles. The van der Waals surface area contributed by atoms with Crippen molar-refractivity contribution in [3.63, 3.8) is 0 Å². The van der Waals surface area contributed by atoms with Crippen LogP contribution in [0, 0.1) is 0 Å². The molecule has 1 aromatic heterocycles. The zero-order chi connectivity index (χ0) is 15.5. The highest BCUT2D eigenvalue weighted by atomic mass is 35.5. The van der Waals surface area contributed by atoms with Crippen LogP contribution in [0.2, 0.25) is 5.28 Å². The Morgan fingerprint density at radius 3 is 2.86 bits per heavy atom. The minimum atomic E-state index is -0.353. The number of carbonyl (C=O) groups excluding carboxylic acids is 1. The molecule has 3 aromatic rings. The van der Waals surface area contributed by atoms with Crippen molar-refractivity contribution in [1.82, 2.24) is 9.97 Å².